The monoisotopic (exact) mass is 384 g/mol. The van der Waals surface area contributed by atoms with E-state index in [4.69, 9.17) is 0 Å². The van der Waals surface area contributed by atoms with Gasteiger partial charge in [-0.3, -0.25) is 14.5 Å². The van der Waals surface area contributed by atoms with Crippen molar-refractivity contribution in [3.05, 3.63) is 108 Å². The second-order valence-corrected chi connectivity index (χ2v) is 7.04. The van der Waals surface area contributed by atoms with Gasteiger partial charge < -0.3 is 5.32 Å². The maximum Gasteiger partial charge on any atom is 0.325 e. The van der Waals surface area contributed by atoms with Crippen molar-refractivity contribution in [3.8, 4) is 0 Å². The maximum atomic E-state index is 13.5. The zero-order chi connectivity index (χ0) is 20.3. The summed E-state index contributed by atoms with van der Waals surface area (Å²) in [7, 11) is 0. The lowest BCUT2D eigenvalue weighted by Crippen LogP contribution is -2.46. The minimum Gasteiger partial charge on any atom is -0.319 e. The van der Waals surface area contributed by atoms with Gasteiger partial charge in [0, 0.05) is 12.0 Å². The highest BCUT2D eigenvalue weighted by Crippen LogP contribution is 2.33. The number of Topliss-reactive ketones (excluding diaryl/α,β-unsaturated/α-hetero) is 1. The fourth-order valence-electron chi connectivity index (χ4n) is 3.67. The molecule has 29 heavy (non-hydrogen) atoms. The number of nitrogens with zero attached hydrogens (tertiary/aromatic N) is 1. The molecule has 4 rings (SSSR count). The van der Waals surface area contributed by atoms with Crippen LogP contribution in [0.3, 0.4) is 0 Å². The number of nitrogens with one attached hydrogen (secondary N) is 1. The SMILES string of the molecule is O=C(CN1C(=O)N[C@@](Cc2ccccc2)(c2ccccc2)C1=O)c1ccccc1. The van der Waals surface area contributed by atoms with E-state index in [0.717, 1.165) is 10.5 Å². The van der Waals surface area contributed by atoms with Crippen LogP contribution in [0.25, 0.3) is 0 Å². The highest BCUT2D eigenvalue weighted by atomic mass is 16.2. The van der Waals surface area contributed by atoms with Crippen LogP contribution in [0.15, 0.2) is 91.0 Å². The van der Waals surface area contributed by atoms with Crippen molar-refractivity contribution in [2.75, 3.05) is 6.54 Å². The summed E-state index contributed by atoms with van der Waals surface area (Å²) in [4.78, 5) is 39.9. The average Bonchev–Trinajstić information content (AvgIpc) is 3.00. The van der Waals surface area contributed by atoms with E-state index >= 15 is 0 Å². The zero-order valence-corrected chi connectivity index (χ0v) is 15.7. The lowest BCUT2D eigenvalue weighted by Gasteiger charge is -2.27. The standard InChI is InChI=1S/C24H20N2O3/c27-21(19-12-6-2-7-13-19)17-26-22(28)24(25-23(26)29,20-14-8-3-9-15-20)16-18-10-4-1-5-11-18/h1-15H,16-17H2,(H,25,29)/t24-/m0/s1. The summed E-state index contributed by atoms with van der Waals surface area (Å²) in [6, 6.07) is 26.8. The molecule has 0 saturated carbocycles. The van der Waals surface area contributed by atoms with Gasteiger partial charge in [0.15, 0.2) is 11.3 Å². The van der Waals surface area contributed by atoms with Crippen LogP contribution in [0.2, 0.25) is 0 Å². The third-order valence-corrected chi connectivity index (χ3v) is 5.15. The molecule has 0 aromatic heterocycles. The summed E-state index contributed by atoms with van der Waals surface area (Å²) in [6.45, 7) is -0.294. The second kappa shape index (κ2) is 7.72. The fraction of sp³-hybridized carbons (Fsp3) is 0.125. The van der Waals surface area contributed by atoms with Gasteiger partial charge in [0.2, 0.25) is 0 Å². The molecule has 144 valence electrons. The number of benzene rings is 3. The van der Waals surface area contributed by atoms with Crippen LogP contribution in [-0.2, 0) is 16.8 Å². The molecule has 1 saturated heterocycles. The zero-order valence-electron chi connectivity index (χ0n) is 15.7. The molecule has 1 aliphatic rings. The Morgan fingerprint density at radius 1 is 0.793 bits per heavy atom. The first-order valence-electron chi connectivity index (χ1n) is 9.42. The molecule has 3 aromatic rings. The van der Waals surface area contributed by atoms with Gasteiger partial charge in [-0.05, 0) is 11.1 Å². The van der Waals surface area contributed by atoms with E-state index < -0.39 is 17.5 Å². The highest BCUT2D eigenvalue weighted by molar-refractivity contribution is 6.11. The molecule has 1 aliphatic heterocycles. The Kier molecular flexibility index (Phi) is 4.96. The topological polar surface area (TPSA) is 66.5 Å². The van der Waals surface area contributed by atoms with E-state index in [-0.39, 0.29) is 12.3 Å². The number of rotatable bonds is 6. The molecule has 0 bridgehead atoms. The molecule has 0 aliphatic carbocycles. The van der Waals surface area contributed by atoms with Crippen molar-refractivity contribution >= 4 is 17.7 Å². The molecule has 0 unspecified atom stereocenters. The third kappa shape index (κ3) is 3.55. The van der Waals surface area contributed by atoms with E-state index in [9.17, 15) is 14.4 Å². The minimum absolute atomic E-state index is 0.280. The van der Waals surface area contributed by atoms with Crippen molar-refractivity contribution < 1.29 is 14.4 Å². The first-order valence-corrected chi connectivity index (χ1v) is 9.42. The van der Waals surface area contributed by atoms with E-state index in [2.05, 4.69) is 5.32 Å². The van der Waals surface area contributed by atoms with Crippen molar-refractivity contribution in [1.82, 2.24) is 10.2 Å². The Morgan fingerprint density at radius 3 is 1.97 bits per heavy atom. The Labute approximate surface area is 169 Å². The van der Waals surface area contributed by atoms with Crippen LogP contribution in [0.4, 0.5) is 4.79 Å². The van der Waals surface area contributed by atoms with Crippen molar-refractivity contribution in [3.63, 3.8) is 0 Å². The number of amides is 3. The first kappa shape index (κ1) is 18.6. The molecule has 0 radical (unpaired) electrons. The molecular formula is C24H20N2O3. The smallest absolute Gasteiger partial charge is 0.319 e. The molecule has 1 N–H and O–H groups in total. The number of hydrogen-bond acceptors (Lipinski definition) is 3. The normalized spacial score (nSPS) is 18.6. The van der Waals surface area contributed by atoms with Crippen molar-refractivity contribution in [1.29, 1.82) is 0 Å². The number of ketones is 1. The highest BCUT2D eigenvalue weighted by Gasteiger charge is 2.52. The molecule has 5 heteroatoms. The summed E-state index contributed by atoms with van der Waals surface area (Å²) >= 11 is 0. The average molecular weight is 384 g/mol. The molecular weight excluding hydrogens is 364 g/mol. The van der Waals surface area contributed by atoms with E-state index in [1.54, 1.807) is 24.3 Å². The molecule has 1 heterocycles. The number of carbonyl (C=O) groups is 3. The van der Waals surface area contributed by atoms with Gasteiger partial charge >= 0.3 is 6.03 Å². The predicted octanol–water partition coefficient (Wildman–Crippen LogP) is 3.56. The third-order valence-electron chi connectivity index (χ3n) is 5.15. The van der Waals surface area contributed by atoms with E-state index in [0.29, 0.717) is 17.5 Å². The van der Waals surface area contributed by atoms with Crippen LogP contribution < -0.4 is 5.32 Å². The molecule has 0 spiro atoms. The quantitative estimate of drug-likeness (QED) is 0.522. The molecule has 3 amide bonds. The lowest BCUT2D eigenvalue weighted by atomic mass is 9.83. The summed E-state index contributed by atoms with van der Waals surface area (Å²) in [6.07, 6.45) is 0.304. The lowest BCUT2D eigenvalue weighted by molar-refractivity contribution is -0.131. The van der Waals surface area contributed by atoms with E-state index in [1.165, 1.54) is 0 Å². The molecule has 1 atom stereocenters. The second-order valence-electron chi connectivity index (χ2n) is 7.04. The number of carbonyl (C=O) groups excluding carboxylic acids is 3. The first-order chi connectivity index (χ1) is 14.1. The van der Waals surface area contributed by atoms with Gasteiger partial charge in [0.1, 0.15) is 0 Å². The summed E-state index contributed by atoms with van der Waals surface area (Å²) in [5, 5.41) is 2.87. The molecule has 1 fully saturated rings. The van der Waals surface area contributed by atoms with Crippen molar-refractivity contribution in [2.45, 2.75) is 12.0 Å². The Bertz CT molecular complexity index is 1040. The largest absolute Gasteiger partial charge is 0.325 e. The van der Waals surface area contributed by atoms with Gasteiger partial charge in [0.25, 0.3) is 5.91 Å². The Balaban J connectivity index is 1.68. The number of hydrogen-bond donors (Lipinski definition) is 1. The Morgan fingerprint density at radius 2 is 1.34 bits per heavy atom. The predicted molar refractivity (Wildman–Crippen MR) is 109 cm³/mol. The van der Waals surface area contributed by atoms with Gasteiger partial charge in [-0.2, -0.15) is 0 Å². The van der Waals surface area contributed by atoms with E-state index in [1.807, 2.05) is 66.7 Å². The van der Waals surface area contributed by atoms with Gasteiger partial charge in [-0.25, -0.2) is 4.79 Å². The van der Waals surface area contributed by atoms with Gasteiger partial charge in [-0.1, -0.05) is 91.0 Å². The minimum atomic E-state index is -1.24. The molecule has 3 aromatic carbocycles. The summed E-state index contributed by atoms with van der Waals surface area (Å²) in [5.74, 6) is -0.695. The summed E-state index contributed by atoms with van der Waals surface area (Å²) < 4.78 is 0. The Hall–Kier alpha value is -3.73. The number of imide groups is 1. The summed E-state index contributed by atoms with van der Waals surface area (Å²) in [5.41, 5.74) is 0.836. The van der Waals surface area contributed by atoms with Gasteiger partial charge in [0.05, 0.1) is 6.54 Å². The van der Waals surface area contributed by atoms with Crippen LogP contribution in [0.5, 0.6) is 0 Å². The van der Waals surface area contributed by atoms with Gasteiger partial charge in [-0.15, -0.1) is 0 Å². The van der Waals surface area contributed by atoms with Crippen molar-refractivity contribution in [2.24, 2.45) is 0 Å². The maximum absolute atomic E-state index is 13.5. The van der Waals surface area contributed by atoms with Crippen LogP contribution in [0, 0.1) is 0 Å². The van der Waals surface area contributed by atoms with Crippen LogP contribution >= 0.6 is 0 Å². The number of urea groups is 1. The molecule has 5 nitrogen and oxygen atoms in total. The van der Waals surface area contributed by atoms with Crippen LogP contribution in [-0.4, -0.2) is 29.2 Å². The fourth-order valence-corrected chi connectivity index (χ4v) is 3.67. The van der Waals surface area contributed by atoms with Crippen LogP contribution in [0.1, 0.15) is 21.5 Å².